The molecule has 0 spiro atoms. The zero-order valence-electron chi connectivity index (χ0n) is 15.3. The third kappa shape index (κ3) is 5.19. The average Bonchev–Trinajstić information content (AvgIpc) is 2.89. The number of amides is 1. The van der Waals surface area contributed by atoms with Crippen molar-refractivity contribution in [2.75, 3.05) is 50.9 Å². The van der Waals surface area contributed by atoms with Crippen molar-refractivity contribution in [2.24, 2.45) is 0 Å². The Labute approximate surface area is 150 Å². The largest absolute Gasteiger partial charge is 0.376 e. The number of hydrogen-bond donors (Lipinski definition) is 0. The molecule has 1 atom stereocenters. The van der Waals surface area contributed by atoms with E-state index in [9.17, 15) is 4.79 Å². The number of carbonyl (C=O) groups excluding carboxylic acids is 1. The van der Waals surface area contributed by atoms with Crippen LogP contribution in [0.15, 0.2) is 24.3 Å². The molecule has 0 N–H and O–H groups in total. The summed E-state index contributed by atoms with van der Waals surface area (Å²) in [6.45, 7) is 7.11. The summed E-state index contributed by atoms with van der Waals surface area (Å²) in [5.41, 5.74) is 2.57. The van der Waals surface area contributed by atoms with Gasteiger partial charge in [-0.2, -0.15) is 0 Å². The van der Waals surface area contributed by atoms with E-state index in [1.807, 2.05) is 4.90 Å². The summed E-state index contributed by atoms with van der Waals surface area (Å²) >= 11 is 0. The second kappa shape index (κ2) is 9.20. The van der Waals surface area contributed by atoms with E-state index in [-0.39, 0.29) is 18.6 Å². The molecule has 0 bridgehead atoms. The summed E-state index contributed by atoms with van der Waals surface area (Å²) < 4.78 is 11.3. The zero-order valence-corrected chi connectivity index (χ0v) is 15.3. The molecular weight excluding hydrogens is 316 g/mol. The van der Waals surface area contributed by atoms with Crippen LogP contribution in [0, 0.1) is 6.92 Å². The van der Waals surface area contributed by atoms with Crippen LogP contribution in [0.25, 0.3) is 0 Å². The molecule has 0 unspecified atom stereocenters. The smallest absolute Gasteiger partial charge is 0.248 e. The fraction of sp³-hybridized carbons (Fsp3) is 0.650. The lowest BCUT2D eigenvalue weighted by atomic mass is 10.1. The standard InChI is InChI=1S/C20H30N2O3/c1-17-7-2-3-9-19(17)21-10-6-11-22(13-12-21)20(23)16-24-15-18-8-4-5-14-25-18/h2-3,7,9,18H,4-6,8,10-16H2,1H3/t18-/m0/s1. The highest BCUT2D eigenvalue weighted by atomic mass is 16.5. The molecule has 2 saturated heterocycles. The maximum atomic E-state index is 12.4. The number of hydrogen-bond acceptors (Lipinski definition) is 4. The summed E-state index contributed by atoms with van der Waals surface area (Å²) in [4.78, 5) is 16.8. The lowest BCUT2D eigenvalue weighted by molar-refractivity contribution is -0.138. The maximum absolute atomic E-state index is 12.4. The van der Waals surface area contributed by atoms with Crippen molar-refractivity contribution >= 4 is 11.6 Å². The maximum Gasteiger partial charge on any atom is 0.248 e. The molecule has 0 aromatic heterocycles. The predicted molar refractivity (Wildman–Crippen MR) is 99.0 cm³/mol. The van der Waals surface area contributed by atoms with Crippen LogP contribution in [0.2, 0.25) is 0 Å². The average molecular weight is 346 g/mol. The van der Waals surface area contributed by atoms with Crippen molar-refractivity contribution in [3.05, 3.63) is 29.8 Å². The zero-order chi connectivity index (χ0) is 17.5. The first kappa shape index (κ1) is 18.2. The minimum absolute atomic E-state index is 0.0995. The Morgan fingerprint density at radius 1 is 1.16 bits per heavy atom. The quantitative estimate of drug-likeness (QED) is 0.822. The van der Waals surface area contributed by atoms with E-state index in [1.165, 1.54) is 17.7 Å². The van der Waals surface area contributed by atoms with E-state index < -0.39 is 0 Å². The molecule has 5 heteroatoms. The topological polar surface area (TPSA) is 42.0 Å². The molecule has 1 amide bonds. The van der Waals surface area contributed by atoms with E-state index in [0.717, 1.165) is 52.0 Å². The van der Waals surface area contributed by atoms with Crippen LogP contribution in [0.3, 0.4) is 0 Å². The highest BCUT2D eigenvalue weighted by Crippen LogP contribution is 2.21. The van der Waals surface area contributed by atoms with Crippen LogP contribution in [0.1, 0.15) is 31.2 Å². The molecule has 2 fully saturated rings. The van der Waals surface area contributed by atoms with Crippen LogP contribution < -0.4 is 4.90 Å². The van der Waals surface area contributed by atoms with Gasteiger partial charge < -0.3 is 19.3 Å². The Morgan fingerprint density at radius 2 is 2.04 bits per heavy atom. The van der Waals surface area contributed by atoms with Crippen molar-refractivity contribution in [1.82, 2.24) is 4.90 Å². The van der Waals surface area contributed by atoms with Gasteiger partial charge in [-0.25, -0.2) is 0 Å². The van der Waals surface area contributed by atoms with Gasteiger partial charge >= 0.3 is 0 Å². The third-order valence-corrected chi connectivity index (χ3v) is 5.11. The molecule has 5 nitrogen and oxygen atoms in total. The molecule has 1 aromatic rings. The molecule has 25 heavy (non-hydrogen) atoms. The molecule has 0 saturated carbocycles. The second-order valence-corrected chi connectivity index (χ2v) is 7.01. The van der Waals surface area contributed by atoms with Gasteiger partial charge in [-0.05, 0) is 44.2 Å². The number of aryl methyl sites for hydroxylation is 1. The van der Waals surface area contributed by atoms with Crippen LogP contribution in [-0.2, 0) is 14.3 Å². The van der Waals surface area contributed by atoms with E-state index in [1.54, 1.807) is 0 Å². The van der Waals surface area contributed by atoms with Gasteiger partial charge in [0.2, 0.25) is 5.91 Å². The molecular formula is C20H30N2O3. The van der Waals surface area contributed by atoms with E-state index >= 15 is 0 Å². The first-order valence-electron chi connectivity index (χ1n) is 9.52. The van der Waals surface area contributed by atoms with Crippen molar-refractivity contribution in [3.63, 3.8) is 0 Å². The van der Waals surface area contributed by atoms with E-state index in [0.29, 0.717) is 6.61 Å². The number of anilines is 1. The summed E-state index contributed by atoms with van der Waals surface area (Å²) in [5.74, 6) is 0.0995. The number of benzene rings is 1. The van der Waals surface area contributed by atoms with Crippen molar-refractivity contribution in [2.45, 2.75) is 38.7 Å². The molecule has 2 heterocycles. The minimum Gasteiger partial charge on any atom is -0.376 e. The van der Waals surface area contributed by atoms with Crippen LogP contribution in [0.4, 0.5) is 5.69 Å². The van der Waals surface area contributed by atoms with Crippen LogP contribution in [-0.4, -0.2) is 62.9 Å². The number of para-hydroxylation sites is 1. The van der Waals surface area contributed by atoms with E-state index in [2.05, 4.69) is 36.1 Å². The monoisotopic (exact) mass is 346 g/mol. The Kier molecular flexibility index (Phi) is 6.70. The lowest BCUT2D eigenvalue weighted by Gasteiger charge is -2.25. The van der Waals surface area contributed by atoms with Gasteiger partial charge in [-0.15, -0.1) is 0 Å². The number of rotatable bonds is 5. The van der Waals surface area contributed by atoms with Gasteiger partial charge in [-0.3, -0.25) is 4.79 Å². The first-order chi connectivity index (χ1) is 12.2. The Balaban J connectivity index is 1.44. The van der Waals surface area contributed by atoms with Crippen molar-refractivity contribution in [3.8, 4) is 0 Å². The van der Waals surface area contributed by atoms with Gasteiger partial charge in [0.25, 0.3) is 0 Å². The van der Waals surface area contributed by atoms with Crippen molar-refractivity contribution in [1.29, 1.82) is 0 Å². The Hall–Kier alpha value is -1.59. The third-order valence-electron chi connectivity index (χ3n) is 5.11. The molecule has 2 aliphatic rings. The SMILES string of the molecule is Cc1ccccc1N1CCCN(C(=O)COC[C@@H]2CCCCO2)CC1. The normalized spacial score (nSPS) is 21.9. The van der Waals surface area contributed by atoms with Gasteiger partial charge in [0.05, 0.1) is 12.7 Å². The molecule has 0 aliphatic carbocycles. The molecule has 138 valence electrons. The van der Waals surface area contributed by atoms with Crippen molar-refractivity contribution < 1.29 is 14.3 Å². The molecule has 0 radical (unpaired) electrons. The first-order valence-corrected chi connectivity index (χ1v) is 9.52. The molecule has 2 aliphatic heterocycles. The second-order valence-electron chi connectivity index (χ2n) is 7.01. The van der Waals surface area contributed by atoms with Gasteiger partial charge in [0.1, 0.15) is 6.61 Å². The molecule has 1 aromatic carbocycles. The highest BCUT2D eigenvalue weighted by Gasteiger charge is 2.21. The minimum atomic E-state index is 0.0995. The Bertz CT molecular complexity index is 558. The van der Waals surface area contributed by atoms with Gasteiger partial charge in [-0.1, -0.05) is 18.2 Å². The van der Waals surface area contributed by atoms with Gasteiger partial charge in [0.15, 0.2) is 0 Å². The fourth-order valence-electron chi connectivity index (χ4n) is 3.63. The van der Waals surface area contributed by atoms with E-state index in [4.69, 9.17) is 9.47 Å². The van der Waals surface area contributed by atoms with Crippen LogP contribution >= 0.6 is 0 Å². The Morgan fingerprint density at radius 3 is 2.84 bits per heavy atom. The summed E-state index contributed by atoms with van der Waals surface area (Å²) in [5, 5.41) is 0. The summed E-state index contributed by atoms with van der Waals surface area (Å²) in [6, 6.07) is 8.46. The predicted octanol–water partition coefficient (Wildman–Crippen LogP) is 2.62. The highest BCUT2D eigenvalue weighted by molar-refractivity contribution is 5.77. The molecule has 3 rings (SSSR count). The fourth-order valence-corrected chi connectivity index (χ4v) is 3.63. The van der Waals surface area contributed by atoms with Crippen LogP contribution in [0.5, 0.6) is 0 Å². The summed E-state index contributed by atoms with van der Waals surface area (Å²) in [6.07, 6.45) is 4.54. The van der Waals surface area contributed by atoms with Gasteiger partial charge in [0, 0.05) is 38.5 Å². The summed E-state index contributed by atoms with van der Waals surface area (Å²) in [7, 11) is 0. The number of carbonyl (C=O) groups is 1. The lowest BCUT2D eigenvalue weighted by Crippen LogP contribution is -2.38. The number of nitrogens with zero attached hydrogens (tertiary/aromatic N) is 2. The number of ether oxygens (including phenoxy) is 2.